The second kappa shape index (κ2) is 7.96. The molecule has 21 heavy (non-hydrogen) atoms. The van der Waals surface area contributed by atoms with Crippen LogP contribution >= 0.6 is 24.2 Å². The minimum Gasteiger partial charge on any atom is -0.325 e. The van der Waals surface area contributed by atoms with Gasteiger partial charge in [-0.1, -0.05) is 12.1 Å². The Labute approximate surface area is 133 Å². The van der Waals surface area contributed by atoms with Crippen molar-refractivity contribution in [3.05, 3.63) is 29.8 Å². The van der Waals surface area contributed by atoms with Gasteiger partial charge < -0.3 is 5.32 Å². The van der Waals surface area contributed by atoms with Crippen LogP contribution < -0.4 is 10.6 Å². The fourth-order valence-corrected chi connectivity index (χ4v) is 2.54. The largest absolute Gasteiger partial charge is 0.325 e. The lowest BCUT2D eigenvalue weighted by atomic mass is 10.1. The molecule has 0 bridgehead atoms. The van der Waals surface area contributed by atoms with Gasteiger partial charge in [0.05, 0.1) is 12.6 Å². The first-order chi connectivity index (χ1) is 9.50. The summed E-state index contributed by atoms with van der Waals surface area (Å²) in [5.41, 5.74) is 1.84. The number of rotatable bonds is 5. The molecular weight excluding hydrogens is 318 g/mol. The van der Waals surface area contributed by atoms with E-state index < -0.39 is 30.8 Å². The number of benzene rings is 1. The maximum Gasteiger partial charge on any atom is 0.262 e. The van der Waals surface area contributed by atoms with Crippen LogP contribution in [0, 0.1) is 0 Å². The van der Waals surface area contributed by atoms with Crippen molar-refractivity contribution in [1.29, 1.82) is 0 Å². The average Bonchev–Trinajstić information content (AvgIpc) is 2.78. The Bertz CT molecular complexity index is 471. The van der Waals surface area contributed by atoms with Gasteiger partial charge in [0.2, 0.25) is 5.91 Å². The molecule has 1 unspecified atom stereocenters. The molecule has 0 spiro atoms. The number of anilines is 1. The summed E-state index contributed by atoms with van der Waals surface area (Å²) in [6, 6.07) is 6.69. The van der Waals surface area contributed by atoms with E-state index in [9.17, 15) is 13.6 Å². The van der Waals surface area contributed by atoms with E-state index in [1.807, 2.05) is 12.1 Å². The molecule has 1 aliphatic rings. The lowest BCUT2D eigenvalue weighted by molar-refractivity contribution is -0.118. The third kappa shape index (κ3) is 5.45. The van der Waals surface area contributed by atoms with Crippen LogP contribution in [-0.4, -0.2) is 36.4 Å². The van der Waals surface area contributed by atoms with Gasteiger partial charge in [0.25, 0.3) is 5.92 Å². The fourth-order valence-electron chi connectivity index (χ4n) is 2.10. The summed E-state index contributed by atoms with van der Waals surface area (Å²) < 4.78 is 26.0. The highest BCUT2D eigenvalue weighted by Crippen LogP contribution is 2.25. The second-order valence-corrected chi connectivity index (χ2v) is 5.91. The van der Waals surface area contributed by atoms with Crippen molar-refractivity contribution in [1.82, 2.24) is 5.32 Å². The monoisotopic (exact) mass is 336 g/mol. The number of nitrogens with one attached hydrogen (secondary N) is 2. The van der Waals surface area contributed by atoms with Crippen molar-refractivity contribution >= 4 is 35.8 Å². The van der Waals surface area contributed by atoms with Crippen LogP contribution in [0.25, 0.3) is 0 Å². The molecule has 0 radical (unpaired) electrons. The van der Waals surface area contributed by atoms with Gasteiger partial charge in [-0.2, -0.15) is 11.8 Å². The number of hydrogen-bond donors (Lipinski definition) is 2. The molecule has 1 fully saturated rings. The molecule has 7 heteroatoms. The van der Waals surface area contributed by atoms with Gasteiger partial charge in [-0.05, 0) is 36.1 Å². The number of thioether (sulfide) groups is 1. The van der Waals surface area contributed by atoms with E-state index >= 15 is 0 Å². The highest BCUT2D eigenvalue weighted by Gasteiger charge is 2.42. The molecule has 1 aromatic rings. The van der Waals surface area contributed by atoms with Gasteiger partial charge >= 0.3 is 0 Å². The Morgan fingerprint density at radius 2 is 2.10 bits per heavy atom. The minimum absolute atomic E-state index is 0. The van der Waals surface area contributed by atoms with E-state index in [2.05, 4.69) is 16.9 Å². The fraction of sp³-hybridized carbons (Fsp3) is 0.500. The quantitative estimate of drug-likeness (QED) is 0.868. The topological polar surface area (TPSA) is 41.1 Å². The molecule has 1 heterocycles. The van der Waals surface area contributed by atoms with E-state index in [4.69, 9.17) is 0 Å². The maximum absolute atomic E-state index is 13.0. The van der Waals surface area contributed by atoms with Crippen molar-refractivity contribution < 1.29 is 13.6 Å². The predicted octanol–water partition coefficient (Wildman–Crippen LogP) is 2.95. The van der Waals surface area contributed by atoms with E-state index in [1.54, 1.807) is 23.9 Å². The van der Waals surface area contributed by atoms with Crippen LogP contribution in [0.3, 0.4) is 0 Å². The Morgan fingerprint density at radius 1 is 1.43 bits per heavy atom. The number of halogens is 3. The molecule has 118 valence electrons. The van der Waals surface area contributed by atoms with Crippen molar-refractivity contribution in [2.24, 2.45) is 0 Å². The highest BCUT2D eigenvalue weighted by molar-refractivity contribution is 7.98. The summed E-state index contributed by atoms with van der Waals surface area (Å²) in [4.78, 5) is 11.8. The SMILES string of the molecule is CSCCc1ccc(NC(=O)C2CC(F)(F)CN2)cc1.Cl. The van der Waals surface area contributed by atoms with Crippen molar-refractivity contribution in [3.8, 4) is 0 Å². The van der Waals surface area contributed by atoms with Crippen LogP contribution in [0.4, 0.5) is 14.5 Å². The summed E-state index contributed by atoms with van der Waals surface area (Å²) in [5, 5.41) is 5.21. The van der Waals surface area contributed by atoms with Crippen LogP contribution in [0.1, 0.15) is 12.0 Å². The number of hydrogen-bond acceptors (Lipinski definition) is 3. The first kappa shape index (κ1) is 18.2. The first-order valence-electron chi connectivity index (χ1n) is 6.50. The number of aryl methyl sites for hydroxylation is 1. The molecule has 3 nitrogen and oxygen atoms in total. The zero-order valence-electron chi connectivity index (χ0n) is 11.7. The maximum atomic E-state index is 13.0. The Balaban J connectivity index is 0.00000220. The minimum atomic E-state index is -2.79. The smallest absolute Gasteiger partial charge is 0.262 e. The van der Waals surface area contributed by atoms with E-state index in [-0.39, 0.29) is 12.4 Å². The van der Waals surface area contributed by atoms with Crippen LogP contribution in [-0.2, 0) is 11.2 Å². The molecular formula is C14H19ClF2N2OS. The highest BCUT2D eigenvalue weighted by atomic mass is 35.5. The summed E-state index contributed by atoms with van der Waals surface area (Å²) in [6.45, 7) is -0.432. The normalized spacial score (nSPS) is 19.9. The molecule has 1 saturated heterocycles. The lowest BCUT2D eigenvalue weighted by Crippen LogP contribution is -2.35. The Morgan fingerprint density at radius 3 is 2.62 bits per heavy atom. The van der Waals surface area contributed by atoms with Crippen molar-refractivity contribution in [2.45, 2.75) is 24.8 Å². The van der Waals surface area contributed by atoms with Crippen LogP contribution in [0.2, 0.25) is 0 Å². The molecule has 0 aromatic heterocycles. The molecule has 2 rings (SSSR count). The third-order valence-corrected chi connectivity index (χ3v) is 3.86. The molecule has 2 N–H and O–H groups in total. The standard InChI is InChI=1S/C14H18F2N2OS.ClH/c1-20-7-6-10-2-4-11(5-3-10)18-13(19)12-8-14(15,16)9-17-12;/h2-5,12,17H,6-9H2,1H3,(H,18,19);1H. The van der Waals surface area contributed by atoms with Gasteiger partial charge in [-0.15, -0.1) is 12.4 Å². The van der Waals surface area contributed by atoms with Crippen LogP contribution in [0.15, 0.2) is 24.3 Å². The molecule has 1 amide bonds. The molecule has 0 aliphatic carbocycles. The predicted molar refractivity (Wildman–Crippen MR) is 85.8 cm³/mol. The number of carbonyl (C=O) groups excluding carboxylic acids is 1. The Kier molecular flexibility index (Phi) is 6.90. The number of carbonyl (C=O) groups is 1. The van der Waals surface area contributed by atoms with E-state index in [1.165, 1.54) is 5.56 Å². The van der Waals surface area contributed by atoms with Gasteiger partial charge in [0.1, 0.15) is 0 Å². The lowest BCUT2D eigenvalue weighted by Gasteiger charge is -2.11. The molecule has 0 saturated carbocycles. The van der Waals surface area contributed by atoms with Gasteiger partial charge in [-0.3, -0.25) is 10.1 Å². The van der Waals surface area contributed by atoms with Gasteiger partial charge in [-0.25, -0.2) is 8.78 Å². The second-order valence-electron chi connectivity index (χ2n) is 4.92. The first-order valence-corrected chi connectivity index (χ1v) is 7.89. The summed E-state index contributed by atoms with van der Waals surface area (Å²) >= 11 is 1.78. The zero-order chi connectivity index (χ0) is 14.6. The summed E-state index contributed by atoms with van der Waals surface area (Å²) in [7, 11) is 0. The van der Waals surface area contributed by atoms with Crippen molar-refractivity contribution in [3.63, 3.8) is 0 Å². The molecule has 1 aromatic carbocycles. The zero-order valence-corrected chi connectivity index (χ0v) is 13.3. The van der Waals surface area contributed by atoms with Gasteiger partial charge in [0.15, 0.2) is 0 Å². The molecule has 1 aliphatic heterocycles. The molecule has 1 atom stereocenters. The summed E-state index contributed by atoms with van der Waals surface area (Å²) in [5.74, 6) is -2.14. The number of amides is 1. The summed E-state index contributed by atoms with van der Waals surface area (Å²) in [6.07, 6.45) is 2.59. The van der Waals surface area contributed by atoms with Gasteiger partial charge in [0, 0.05) is 12.1 Å². The average molecular weight is 337 g/mol. The number of alkyl halides is 2. The third-order valence-electron chi connectivity index (χ3n) is 3.24. The Hall–Kier alpha value is -0.850. The van der Waals surface area contributed by atoms with Crippen molar-refractivity contribution in [2.75, 3.05) is 23.9 Å². The van der Waals surface area contributed by atoms with E-state index in [0.717, 1.165) is 12.2 Å². The van der Waals surface area contributed by atoms with Crippen LogP contribution in [0.5, 0.6) is 0 Å². The van der Waals surface area contributed by atoms with E-state index in [0.29, 0.717) is 5.69 Å².